The Kier molecular flexibility index (Phi) is 8.79. The summed E-state index contributed by atoms with van der Waals surface area (Å²) in [4.78, 5) is 24.3. The van der Waals surface area contributed by atoms with Crippen molar-refractivity contribution < 1.29 is 19.8 Å². The lowest BCUT2D eigenvalue weighted by molar-refractivity contribution is -0.126. The number of carbonyl (C=O) groups excluding carboxylic acids is 2. The standard InChI is InChI=1S/C30H40O4/c1-19(13-15-23-21(3)27(33)25(31)17-29(23,5)6)11-9-10-12-20(2)14-16-24-22(4)28(34)26(32)18-30(24,7)8/h9-16,25-26,31-32H,17-18H2,1-8H3/b10-9+,15-13+,16-14+,19-11+,20-12+/t25-,26-/m0/s1. The third-order valence-corrected chi connectivity index (χ3v) is 6.87. The number of carbonyl (C=O) groups is 2. The van der Waals surface area contributed by atoms with Gasteiger partial charge in [-0.3, -0.25) is 9.59 Å². The van der Waals surface area contributed by atoms with Gasteiger partial charge in [0.15, 0.2) is 11.6 Å². The summed E-state index contributed by atoms with van der Waals surface area (Å²) in [6.07, 6.45) is 15.0. The molecular formula is C30H40O4. The number of hydrogen-bond donors (Lipinski definition) is 2. The Hall–Kier alpha value is -2.56. The van der Waals surface area contributed by atoms with Crippen LogP contribution in [0.15, 0.2) is 82.0 Å². The van der Waals surface area contributed by atoms with Gasteiger partial charge in [0, 0.05) is 0 Å². The minimum absolute atomic E-state index is 0.183. The molecule has 0 unspecified atom stereocenters. The van der Waals surface area contributed by atoms with Crippen LogP contribution in [0.25, 0.3) is 0 Å². The van der Waals surface area contributed by atoms with Gasteiger partial charge in [-0.2, -0.15) is 0 Å². The first kappa shape index (κ1) is 27.7. The highest BCUT2D eigenvalue weighted by Crippen LogP contribution is 2.40. The SMILES string of the molecule is CC1=C(/C=C/C(C)=C/C=C/C=C(C)/C=C/C2=C(C)C(=O)[C@@H](O)CC2(C)C)C(C)(C)C[C@H](O)C1=O. The lowest BCUT2D eigenvalue weighted by Gasteiger charge is -2.34. The third-order valence-electron chi connectivity index (χ3n) is 6.87. The van der Waals surface area contributed by atoms with Gasteiger partial charge in [-0.15, -0.1) is 0 Å². The molecule has 0 spiro atoms. The van der Waals surface area contributed by atoms with E-state index in [0.29, 0.717) is 24.0 Å². The van der Waals surface area contributed by atoms with Gasteiger partial charge in [-0.05, 0) is 73.7 Å². The predicted octanol–water partition coefficient (Wildman–Crippen LogP) is 5.90. The van der Waals surface area contributed by atoms with Gasteiger partial charge >= 0.3 is 0 Å². The Balaban J connectivity index is 2.10. The Bertz CT molecular complexity index is 967. The highest BCUT2D eigenvalue weighted by Gasteiger charge is 2.37. The molecule has 4 heteroatoms. The lowest BCUT2D eigenvalue weighted by atomic mass is 9.71. The zero-order valence-electron chi connectivity index (χ0n) is 21.9. The Labute approximate surface area is 204 Å². The minimum Gasteiger partial charge on any atom is -0.385 e. The predicted molar refractivity (Wildman–Crippen MR) is 139 cm³/mol. The maximum absolute atomic E-state index is 12.2. The molecule has 2 atom stereocenters. The second-order valence-electron chi connectivity index (χ2n) is 10.9. The average Bonchev–Trinajstić information content (AvgIpc) is 2.72. The van der Waals surface area contributed by atoms with E-state index in [4.69, 9.17) is 0 Å². The number of Topliss-reactive ketones (excluding diaryl/α,β-unsaturated/α-hetero) is 2. The Morgan fingerprint density at radius 3 is 1.38 bits per heavy atom. The second kappa shape index (κ2) is 10.8. The quantitative estimate of drug-likeness (QED) is 0.480. The molecule has 0 aromatic carbocycles. The van der Waals surface area contributed by atoms with E-state index < -0.39 is 12.2 Å². The van der Waals surface area contributed by atoms with E-state index in [1.54, 1.807) is 13.8 Å². The van der Waals surface area contributed by atoms with Crippen molar-refractivity contribution in [3.63, 3.8) is 0 Å². The smallest absolute Gasteiger partial charge is 0.187 e. The molecule has 0 saturated heterocycles. The van der Waals surface area contributed by atoms with Crippen molar-refractivity contribution in [2.75, 3.05) is 0 Å². The maximum Gasteiger partial charge on any atom is 0.187 e. The van der Waals surface area contributed by atoms with Gasteiger partial charge in [-0.25, -0.2) is 0 Å². The molecule has 2 aliphatic rings. The molecule has 0 aromatic heterocycles. The van der Waals surface area contributed by atoms with Crippen molar-refractivity contribution in [2.24, 2.45) is 10.8 Å². The molecule has 0 radical (unpaired) electrons. The molecular weight excluding hydrogens is 424 g/mol. The molecule has 0 aliphatic heterocycles. The van der Waals surface area contributed by atoms with E-state index >= 15 is 0 Å². The molecule has 2 aliphatic carbocycles. The fourth-order valence-electron chi connectivity index (χ4n) is 4.81. The van der Waals surface area contributed by atoms with Crippen LogP contribution in [0.2, 0.25) is 0 Å². The molecule has 34 heavy (non-hydrogen) atoms. The molecule has 4 nitrogen and oxygen atoms in total. The molecule has 0 amide bonds. The van der Waals surface area contributed by atoms with Crippen molar-refractivity contribution in [1.82, 2.24) is 0 Å². The number of aliphatic hydroxyl groups excluding tert-OH is 2. The fraction of sp³-hybridized carbons (Fsp3) is 0.467. The summed E-state index contributed by atoms with van der Waals surface area (Å²) in [5.74, 6) is -0.366. The average molecular weight is 465 g/mol. The Morgan fingerprint density at radius 2 is 1.06 bits per heavy atom. The van der Waals surface area contributed by atoms with Crippen LogP contribution in [-0.4, -0.2) is 34.0 Å². The zero-order chi connectivity index (χ0) is 25.8. The van der Waals surface area contributed by atoms with Crippen LogP contribution in [0.3, 0.4) is 0 Å². The van der Waals surface area contributed by atoms with Gasteiger partial charge < -0.3 is 10.2 Å². The highest BCUT2D eigenvalue weighted by atomic mass is 16.3. The van der Waals surface area contributed by atoms with Crippen LogP contribution in [0.5, 0.6) is 0 Å². The molecule has 0 fully saturated rings. The summed E-state index contributed by atoms with van der Waals surface area (Å²) in [7, 11) is 0. The second-order valence-corrected chi connectivity index (χ2v) is 10.9. The Morgan fingerprint density at radius 1 is 0.735 bits per heavy atom. The first-order chi connectivity index (χ1) is 15.7. The van der Waals surface area contributed by atoms with Gasteiger partial charge in [0.05, 0.1) is 0 Å². The number of ketones is 2. The number of hydrogen-bond acceptors (Lipinski definition) is 4. The first-order valence-corrected chi connectivity index (χ1v) is 11.9. The van der Waals surface area contributed by atoms with E-state index in [-0.39, 0.29) is 22.4 Å². The van der Waals surface area contributed by atoms with Gasteiger partial charge in [0.2, 0.25) is 0 Å². The van der Waals surface area contributed by atoms with Crippen LogP contribution in [-0.2, 0) is 9.59 Å². The molecule has 184 valence electrons. The summed E-state index contributed by atoms with van der Waals surface area (Å²) in [5.41, 5.74) is 4.82. The molecule has 0 saturated carbocycles. The van der Waals surface area contributed by atoms with E-state index in [1.807, 2.05) is 62.5 Å². The van der Waals surface area contributed by atoms with E-state index in [1.165, 1.54) is 0 Å². The number of allylic oxidation sites excluding steroid dienone is 12. The summed E-state index contributed by atoms with van der Waals surface area (Å²) in [6, 6.07) is 0. The van der Waals surface area contributed by atoms with Crippen molar-refractivity contribution in [1.29, 1.82) is 0 Å². The molecule has 0 bridgehead atoms. The van der Waals surface area contributed by atoms with Crippen molar-refractivity contribution >= 4 is 11.6 Å². The number of rotatable bonds is 6. The summed E-state index contributed by atoms with van der Waals surface area (Å²) in [5, 5.41) is 19.9. The highest BCUT2D eigenvalue weighted by molar-refractivity contribution is 6.01. The van der Waals surface area contributed by atoms with Crippen LogP contribution >= 0.6 is 0 Å². The normalized spacial score (nSPS) is 26.6. The van der Waals surface area contributed by atoms with Gasteiger partial charge in [-0.1, -0.05) is 87.4 Å². The maximum atomic E-state index is 12.2. The van der Waals surface area contributed by atoms with Crippen LogP contribution < -0.4 is 0 Å². The van der Waals surface area contributed by atoms with Crippen LogP contribution in [0, 0.1) is 10.8 Å². The zero-order valence-corrected chi connectivity index (χ0v) is 21.9. The van der Waals surface area contributed by atoms with E-state index in [2.05, 4.69) is 27.7 Å². The largest absolute Gasteiger partial charge is 0.385 e. The van der Waals surface area contributed by atoms with Crippen molar-refractivity contribution in [3.8, 4) is 0 Å². The lowest BCUT2D eigenvalue weighted by Crippen LogP contribution is -2.35. The topological polar surface area (TPSA) is 74.6 Å². The van der Waals surface area contributed by atoms with E-state index in [0.717, 1.165) is 22.3 Å². The molecule has 2 rings (SSSR count). The van der Waals surface area contributed by atoms with Gasteiger partial charge in [0.25, 0.3) is 0 Å². The third kappa shape index (κ3) is 6.52. The summed E-state index contributed by atoms with van der Waals surface area (Å²) < 4.78 is 0. The van der Waals surface area contributed by atoms with Gasteiger partial charge in [0.1, 0.15) is 12.2 Å². The number of aliphatic hydroxyl groups is 2. The van der Waals surface area contributed by atoms with Crippen molar-refractivity contribution in [2.45, 2.75) is 80.4 Å². The molecule has 0 heterocycles. The minimum atomic E-state index is -0.910. The molecule has 0 aromatic rings. The van der Waals surface area contributed by atoms with Crippen LogP contribution in [0.1, 0.15) is 68.2 Å². The van der Waals surface area contributed by atoms with Crippen LogP contribution in [0.4, 0.5) is 0 Å². The van der Waals surface area contributed by atoms with Crippen molar-refractivity contribution in [3.05, 3.63) is 82.0 Å². The summed E-state index contributed by atoms with van der Waals surface area (Å²) >= 11 is 0. The summed E-state index contributed by atoms with van der Waals surface area (Å²) in [6.45, 7) is 15.8. The molecule has 2 N–H and O–H groups in total. The fourth-order valence-corrected chi connectivity index (χ4v) is 4.81. The monoisotopic (exact) mass is 464 g/mol. The first-order valence-electron chi connectivity index (χ1n) is 11.9. The van der Waals surface area contributed by atoms with E-state index in [9.17, 15) is 19.8 Å².